The molecule has 8 nitrogen and oxygen atoms in total. The van der Waals surface area contributed by atoms with Crippen molar-refractivity contribution in [2.45, 2.75) is 51.1 Å². The molecule has 1 aliphatic carbocycles. The standard InChI is InChI=1S/C21H23N5O3S/c27-17-11-21(29)30-18(17)10-15-7-8-22-19(24-15)9-13-1-3-14(4-2-13)23-12-16-5-6-20(28)26-25-16/h5-8,10,13-14,23H,1-4,9,11-12H2,(H,26,28)/b18-10-. The zero-order valence-electron chi connectivity index (χ0n) is 16.5. The highest BCUT2D eigenvalue weighted by molar-refractivity contribution is 8.18. The number of hydrogen-bond donors (Lipinski definition) is 2. The van der Waals surface area contributed by atoms with Gasteiger partial charge < -0.3 is 5.32 Å². The summed E-state index contributed by atoms with van der Waals surface area (Å²) >= 11 is 0.997. The molecule has 4 rings (SSSR count). The van der Waals surface area contributed by atoms with E-state index in [4.69, 9.17) is 0 Å². The topological polar surface area (TPSA) is 118 Å². The Kier molecular flexibility index (Phi) is 6.49. The second-order valence-corrected chi connectivity index (χ2v) is 8.79. The predicted molar refractivity (Wildman–Crippen MR) is 113 cm³/mol. The van der Waals surface area contributed by atoms with E-state index in [-0.39, 0.29) is 22.9 Å². The van der Waals surface area contributed by atoms with Crippen molar-refractivity contribution >= 4 is 28.7 Å². The highest BCUT2D eigenvalue weighted by Crippen LogP contribution is 2.30. The number of carbonyl (C=O) groups excluding carboxylic acids is 2. The normalized spacial score (nSPS) is 23.3. The van der Waals surface area contributed by atoms with Crippen LogP contribution in [0.25, 0.3) is 6.08 Å². The van der Waals surface area contributed by atoms with Gasteiger partial charge in [-0.3, -0.25) is 14.4 Å². The second-order valence-electron chi connectivity index (χ2n) is 7.70. The summed E-state index contributed by atoms with van der Waals surface area (Å²) in [4.78, 5) is 43.7. The van der Waals surface area contributed by atoms with E-state index in [1.807, 2.05) is 0 Å². The van der Waals surface area contributed by atoms with E-state index in [9.17, 15) is 14.4 Å². The number of nitrogens with zero attached hydrogens (tertiary/aromatic N) is 3. The lowest BCUT2D eigenvalue weighted by molar-refractivity contribution is -0.119. The fraction of sp³-hybridized carbons (Fsp3) is 0.429. The first-order valence-electron chi connectivity index (χ1n) is 10.1. The van der Waals surface area contributed by atoms with Crippen molar-refractivity contribution in [3.05, 3.63) is 56.9 Å². The maximum absolute atomic E-state index is 11.8. The highest BCUT2D eigenvalue weighted by Gasteiger charge is 2.26. The van der Waals surface area contributed by atoms with Crippen LogP contribution in [0, 0.1) is 5.92 Å². The van der Waals surface area contributed by atoms with Crippen LogP contribution in [-0.2, 0) is 22.6 Å². The average molecular weight is 426 g/mol. The van der Waals surface area contributed by atoms with Gasteiger partial charge in [-0.1, -0.05) is 0 Å². The van der Waals surface area contributed by atoms with Gasteiger partial charge in [0, 0.05) is 31.3 Å². The predicted octanol–water partition coefficient (Wildman–Crippen LogP) is 2.02. The summed E-state index contributed by atoms with van der Waals surface area (Å²) in [5, 5.41) is 9.88. The number of carbonyl (C=O) groups is 2. The van der Waals surface area contributed by atoms with Crippen molar-refractivity contribution in [3.63, 3.8) is 0 Å². The van der Waals surface area contributed by atoms with Crippen molar-refractivity contribution in [3.8, 4) is 0 Å². The molecule has 2 aliphatic rings. The van der Waals surface area contributed by atoms with Gasteiger partial charge in [0.1, 0.15) is 5.82 Å². The number of thioether (sulfide) groups is 1. The van der Waals surface area contributed by atoms with Crippen LogP contribution in [0.15, 0.2) is 34.1 Å². The number of allylic oxidation sites excluding steroid dienone is 1. The zero-order valence-corrected chi connectivity index (χ0v) is 17.3. The molecule has 2 aromatic rings. The SMILES string of the molecule is O=C1CC(=O)/C(=C/c2ccnc(CC3CCC(NCc4ccc(=O)[nH]n4)CC3)n2)S1. The van der Waals surface area contributed by atoms with Crippen LogP contribution in [0.5, 0.6) is 0 Å². The van der Waals surface area contributed by atoms with E-state index in [0.29, 0.717) is 29.1 Å². The quantitative estimate of drug-likeness (QED) is 0.533. The van der Waals surface area contributed by atoms with E-state index in [0.717, 1.165) is 55.4 Å². The Morgan fingerprint density at radius 2 is 1.97 bits per heavy atom. The molecule has 1 saturated carbocycles. The van der Waals surface area contributed by atoms with E-state index in [2.05, 4.69) is 25.5 Å². The van der Waals surface area contributed by atoms with Crippen molar-refractivity contribution in [2.75, 3.05) is 0 Å². The number of ketones is 1. The number of aromatic nitrogens is 4. The summed E-state index contributed by atoms with van der Waals surface area (Å²) < 4.78 is 0. The molecule has 0 unspecified atom stereocenters. The molecule has 156 valence electrons. The first-order chi connectivity index (χ1) is 14.5. The highest BCUT2D eigenvalue weighted by atomic mass is 32.2. The Morgan fingerprint density at radius 3 is 2.67 bits per heavy atom. The van der Waals surface area contributed by atoms with Gasteiger partial charge in [-0.2, -0.15) is 5.10 Å². The van der Waals surface area contributed by atoms with Crippen LogP contribution < -0.4 is 10.9 Å². The minimum Gasteiger partial charge on any atom is -0.308 e. The minimum absolute atomic E-state index is 0.0238. The van der Waals surface area contributed by atoms with Crippen LogP contribution in [0.1, 0.15) is 49.3 Å². The summed E-state index contributed by atoms with van der Waals surface area (Å²) in [6.07, 6.45) is 8.52. The van der Waals surface area contributed by atoms with Gasteiger partial charge in [-0.15, -0.1) is 0 Å². The summed E-state index contributed by atoms with van der Waals surface area (Å²) in [7, 11) is 0. The third-order valence-corrected chi connectivity index (χ3v) is 6.37. The summed E-state index contributed by atoms with van der Waals surface area (Å²) in [6.45, 7) is 0.644. The molecule has 0 radical (unpaired) electrons. The number of aromatic amines is 1. The average Bonchev–Trinajstić information content (AvgIpc) is 3.05. The molecule has 1 saturated heterocycles. The Morgan fingerprint density at radius 1 is 1.13 bits per heavy atom. The van der Waals surface area contributed by atoms with Crippen molar-refractivity contribution < 1.29 is 9.59 Å². The number of rotatable bonds is 6. The first-order valence-corrected chi connectivity index (χ1v) is 10.9. The lowest BCUT2D eigenvalue weighted by Gasteiger charge is -2.28. The zero-order chi connectivity index (χ0) is 20.9. The van der Waals surface area contributed by atoms with Gasteiger partial charge in [0.25, 0.3) is 5.56 Å². The molecule has 0 aromatic carbocycles. The van der Waals surface area contributed by atoms with Gasteiger partial charge in [-0.05, 0) is 61.6 Å². The lowest BCUT2D eigenvalue weighted by Crippen LogP contribution is -2.33. The van der Waals surface area contributed by atoms with Crippen LogP contribution >= 0.6 is 11.8 Å². The van der Waals surface area contributed by atoms with Crippen LogP contribution in [0.2, 0.25) is 0 Å². The third kappa shape index (κ3) is 5.48. The molecule has 2 aromatic heterocycles. The molecule has 0 bridgehead atoms. The smallest absolute Gasteiger partial charge is 0.264 e. The maximum atomic E-state index is 11.8. The Balaban J connectivity index is 1.27. The fourth-order valence-corrected chi connectivity index (χ4v) is 4.64. The Bertz CT molecular complexity index is 1010. The van der Waals surface area contributed by atoms with Crippen molar-refractivity contribution in [1.82, 2.24) is 25.5 Å². The van der Waals surface area contributed by atoms with Crippen LogP contribution in [0.4, 0.5) is 0 Å². The van der Waals surface area contributed by atoms with Crippen LogP contribution in [-0.4, -0.2) is 37.1 Å². The van der Waals surface area contributed by atoms with Gasteiger partial charge in [0.05, 0.1) is 22.7 Å². The van der Waals surface area contributed by atoms with Gasteiger partial charge >= 0.3 is 0 Å². The molecular weight excluding hydrogens is 402 g/mol. The molecular formula is C21H23N5O3S. The fourth-order valence-electron chi connectivity index (χ4n) is 3.82. The van der Waals surface area contributed by atoms with E-state index >= 15 is 0 Å². The number of hydrogen-bond acceptors (Lipinski definition) is 8. The molecule has 9 heteroatoms. The largest absolute Gasteiger partial charge is 0.308 e. The molecule has 2 fully saturated rings. The molecule has 2 N–H and O–H groups in total. The molecule has 30 heavy (non-hydrogen) atoms. The minimum atomic E-state index is -0.191. The lowest BCUT2D eigenvalue weighted by atomic mass is 9.84. The number of H-pyrrole nitrogens is 1. The maximum Gasteiger partial charge on any atom is 0.264 e. The van der Waals surface area contributed by atoms with Crippen LogP contribution in [0.3, 0.4) is 0 Å². The molecule has 3 heterocycles. The van der Waals surface area contributed by atoms with E-state index in [1.54, 1.807) is 24.4 Å². The summed E-state index contributed by atoms with van der Waals surface area (Å²) in [5.74, 6) is 1.18. The Hall–Kier alpha value is -2.65. The van der Waals surface area contributed by atoms with Gasteiger partial charge in [-0.25, -0.2) is 15.1 Å². The second kappa shape index (κ2) is 9.44. The monoisotopic (exact) mass is 425 g/mol. The van der Waals surface area contributed by atoms with Crippen molar-refractivity contribution in [1.29, 1.82) is 0 Å². The van der Waals surface area contributed by atoms with Gasteiger partial charge in [0.2, 0.25) is 5.12 Å². The summed E-state index contributed by atoms with van der Waals surface area (Å²) in [6, 6.07) is 5.43. The summed E-state index contributed by atoms with van der Waals surface area (Å²) in [5.41, 5.74) is 1.31. The Labute approximate surface area is 178 Å². The number of nitrogens with one attached hydrogen (secondary N) is 2. The molecule has 1 aliphatic heterocycles. The molecule has 0 atom stereocenters. The molecule has 0 spiro atoms. The number of Topliss-reactive ketones (excluding diaryl/α,β-unsaturated/α-hetero) is 1. The third-order valence-electron chi connectivity index (χ3n) is 5.44. The van der Waals surface area contributed by atoms with Crippen molar-refractivity contribution in [2.24, 2.45) is 5.92 Å². The van der Waals surface area contributed by atoms with E-state index < -0.39 is 0 Å². The van der Waals surface area contributed by atoms with Gasteiger partial charge in [0.15, 0.2) is 5.78 Å². The van der Waals surface area contributed by atoms with E-state index in [1.165, 1.54) is 6.07 Å². The first kappa shape index (κ1) is 20.6. The molecule has 0 amide bonds.